The zero-order chi connectivity index (χ0) is 19.3. The molecule has 7 nitrogen and oxygen atoms in total. The van der Waals surface area contributed by atoms with Crippen molar-refractivity contribution in [1.82, 2.24) is 20.6 Å². The minimum atomic E-state index is -0.886. The molecular formula is C19H16ClN5O2S. The number of carbonyl (C=O) groups excluding carboxylic acids is 2. The van der Waals surface area contributed by atoms with E-state index in [0.29, 0.717) is 18.0 Å². The number of carbonyl (C=O) groups is 2. The van der Waals surface area contributed by atoms with Crippen LogP contribution < -0.4 is 15.5 Å². The van der Waals surface area contributed by atoms with E-state index in [2.05, 4.69) is 25.5 Å². The highest BCUT2D eigenvalue weighted by molar-refractivity contribution is 7.22. The molecule has 142 valence electrons. The van der Waals surface area contributed by atoms with Gasteiger partial charge in [-0.25, -0.2) is 14.8 Å². The van der Waals surface area contributed by atoms with Gasteiger partial charge >= 0.3 is 6.03 Å². The summed E-state index contributed by atoms with van der Waals surface area (Å²) in [6, 6.07) is 9.30. The summed E-state index contributed by atoms with van der Waals surface area (Å²) in [5, 5.41) is 5.86. The quantitative estimate of drug-likeness (QED) is 0.630. The summed E-state index contributed by atoms with van der Waals surface area (Å²) in [4.78, 5) is 36.1. The smallest absolute Gasteiger partial charge is 0.322 e. The van der Waals surface area contributed by atoms with Crippen LogP contribution in [0.3, 0.4) is 0 Å². The number of rotatable bonds is 2. The van der Waals surface area contributed by atoms with Crippen LogP contribution in [0, 0.1) is 0 Å². The Morgan fingerprint density at radius 1 is 1.18 bits per heavy atom. The average Bonchev–Trinajstić information content (AvgIpc) is 3.23. The highest BCUT2D eigenvalue weighted by Crippen LogP contribution is 2.38. The fraction of sp³-hybridized carbons (Fsp3) is 0.263. The van der Waals surface area contributed by atoms with E-state index in [1.807, 2.05) is 30.3 Å². The molecule has 3 aromatic rings. The zero-order valence-corrected chi connectivity index (χ0v) is 16.3. The predicted molar refractivity (Wildman–Crippen MR) is 109 cm³/mol. The van der Waals surface area contributed by atoms with E-state index in [9.17, 15) is 9.59 Å². The molecule has 28 heavy (non-hydrogen) atoms. The topological polar surface area (TPSA) is 87.2 Å². The van der Waals surface area contributed by atoms with Crippen molar-refractivity contribution in [1.29, 1.82) is 0 Å². The van der Waals surface area contributed by atoms with Crippen LogP contribution in [0.5, 0.6) is 0 Å². The Morgan fingerprint density at radius 3 is 2.75 bits per heavy atom. The number of benzene rings is 1. The molecule has 0 aliphatic carbocycles. The lowest BCUT2D eigenvalue weighted by molar-refractivity contribution is -0.124. The molecule has 3 amide bonds. The molecule has 2 N–H and O–H groups in total. The molecule has 0 bridgehead atoms. The van der Waals surface area contributed by atoms with Crippen molar-refractivity contribution in [2.75, 3.05) is 18.0 Å². The van der Waals surface area contributed by atoms with Gasteiger partial charge in [-0.15, -0.1) is 11.3 Å². The van der Waals surface area contributed by atoms with Gasteiger partial charge in [-0.05, 0) is 36.6 Å². The first kappa shape index (κ1) is 17.4. The van der Waals surface area contributed by atoms with Crippen LogP contribution in [0.15, 0.2) is 36.7 Å². The number of halogens is 1. The summed E-state index contributed by atoms with van der Waals surface area (Å²) in [6.45, 7) is 1.16. The normalized spacial score (nSPS) is 22.0. The molecule has 2 saturated heterocycles. The van der Waals surface area contributed by atoms with Crippen molar-refractivity contribution in [2.45, 2.75) is 18.4 Å². The second-order valence-corrected chi connectivity index (χ2v) is 8.53. The number of hydrogen-bond donors (Lipinski definition) is 2. The van der Waals surface area contributed by atoms with E-state index in [-0.39, 0.29) is 5.91 Å². The monoisotopic (exact) mass is 413 g/mol. The Hall–Kier alpha value is -2.71. The second-order valence-electron chi connectivity index (χ2n) is 7.04. The molecule has 1 unspecified atom stereocenters. The Balaban J connectivity index is 1.53. The van der Waals surface area contributed by atoms with E-state index in [1.54, 1.807) is 17.7 Å². The largest absolute Gasteiger partial charge is 0.352 e. The fourth-order valence-corrected chi connectivity index (χ4v) is 5.14. The number of imide groups is 1. The van der Waals surface area contributed by atoms with Crippen molar-refractivity contribution in [3.05, 3.63) is 41.7 Å². The maximum atomic E-state index is 12.4. The van der Waals surface area contributed by atoms with Gasteiger partial charge in [0.05, 0.1) is 16.8 Å². The summed E-state index contributed by atoms with van der Waals surface area (Å²) in [6.07, 6.45) is 2.95. The molecule has 1 atom stereocenters. The number of thiophene rings is 1. The van der Waals surface area contributed by atoms with Gasteiger partial charge in [-0.2, -0.15) is 0 Å². The van der Waals surface area contributed by atoms with E-state index >= 15 is 0 Å². The Bertz CT molecular complexity index is 1100. The van der Waals surface area contributed by atoms with Gasteiger partial charge in [0.2, 0.25) is 0 Å². The molecule has 2 fully saturated rings. The van der Waals surface area contributed by atoms with E-state index < -0.39 is 11.6 Å². The number of aromatic nitrogens is 2. The first-order valence-corrected chi connectivity index (χ1v) is 10.1. The number of fused-ring (bicyclic) bond motifs is 1. The van der Waals surface area contributed by atoms with Gasteiger partial charge in [0.15, 0.2) is 0 Å². The van der Waals surface area contributed by atoms with Crippen LogP contribution in [-0.2, 0) is 4.79 Å². The average molecular weight is 414 g/mol. The van der Waals surface area contributed by atoms with Crippen LogP contribution in [0.1, 0.15) is 12.8 Å². The summed E-state index contributed by atoms with van der Waals surface area (Å²) in [5.41, 5.74) is 1.04. The van der Waals surface area contributed by atoms with Crippen molar-refractivity contribution < 1.29 is 9.59 Å². The van der Waals surface area contributed by atoms with Crippen molar-refractivity contribution in [3.63, 3.8) is 0 Å². The summed E-state index contributed by atoms with van der Waals surface area (Å²) in [7, 11) is 0. The molecule has 2 aromatic heterocycles. The molecule has 5 rings (SSSR count). The predicted octanol–water partition coefficient (Wildman–Crippen LogP) is 3.19. The lowest BCUT2D eigenvalue weighted by Gasteiger charge is -2.38. The van der Waals surface area contributed by atoms with E-state index in [0.717, 1.165) is 39.4 Å². The number of hydrogen-bond acceptors (Lipinski definition) is 6. The highest BCUT2D eigenvalue weighted by atomic mass is 35.5. The third-order valence-corrected chi connectivity index (χ3v) is 6.65. The molecule has 0 radical (unpaired) electrons. The van der Waals surface area contributed by atoms with Crippen LogP contribution in [-0.4, -0.2) is 40.5 Å². The number of nitrogens with zero attached hydrogens (tertiary/aromatic N) is 3. The molecule has 0 saturated carbocycles. The van der Waals surface area contributed by atoms with Crippen LogP contribution in [0.25, 0.3) is 20.7 Å². The van der Waals surface area contributed by atoms with Gasteiger partial charge in [-0.3, -0.25) is 10.1 Å². The number of anilines is 1. The third kappa shape index (κ3) is 2.80. The standard InChI is InChI=1S/C19H16ClN5O2S/c20-12-4-2-11(3-5-12)14-8-13-15(28-14)16(22-10-21-13)25-7-1-6-19(9-25)17(26)23-18(27)24-19/h2-5,8,10H,1,6-7,9H2,(H2,23,24,26,27). The highest BCUT2D eigenvalue weighted by Gasteiger charge is 2.49. The van der Waals surface area contributed by atoms with Crippen molar-refractivity contribution in [3.8, 4) is 10.4 Å². The second kappa shape index (κ2) is 6.42. The van der Waals surface area contributed by atoms with E-state index in [1.165, 1.54) is 0 Å². The molecule has 2 aliphatic heterocycles. The number of urea groups is 1. The fourth-order valence-electron chi connectivity index (χ4n) is 3.88. The molecule has 1 spiro atoms. The Labute approximate surface area is 169 Å². The zero-order valence-electron chi connectivity index (χ0n) is 14.7. The van der Waals surface area contributed by atoms with Crippen LogP contribution in [0.4, 0.5) is 10.6 Å². The minimum Gasteiger partial charge on any atom is -0.352 e. The minimum absolute atomic E-state index is 0.263. The number of amides is 3. The van der Waals surface area contributed by atoms with Crippen LogP contribution in [0.2, 0.25) is 5.02 Å². The lowest BCUT2D eigenvalue weighted by atomic mass is 9.89. The van der Waals surface area contributed by atoms with Gasteiger partial charge < -0.3 is 10.2 Å². The van der Waals surface area contributed by atoms with Crippen molar-refractivity contribution in [2.24, 2.45) is 0 Å². The maximum absolute atomic E-state index is 12.4. The third-order valence-electron chi connectivity index (χ3n) is 5.23. The summed E-state index contributed by atoms with van der Waals surface area (Å²) < 4.78 is 0.967. The maximum Gasteiger partial charge on any atom is 0.322 e. The first-order chi connectivity index (χ1) is 13.5. The molecule has 4 heterocycles. The van der Waals surface area contributed by atoms with Crippen LogP contribution >= 0.6 is 22.9 Å². The SMILES string of the molecule is O=C1NC(=O)C2(CCCN(c3ncnc4cc(-c5ccc(Cl)cc5)sc34)C2)N1. The lowest BCUT2D eigenvalue weighted by Crippen LogP contribution is -2.58. The number of piperidine rings is 1. The Kier molecular flexibility index (Phi) is 3.99. The molecule has 9 heteroatoms. The van der Waals surface area contributed by atoms with Gasteiger partial charge in [0.1, 0.15) is 17.7 Å². The first-order valence-electron chi connectivity index (χ1n) is 8.93. The van der Waals surface area contributed by atoms with E-state index in [4.69, 9.17) is 11.6 Å². The molecular weight excluding hydrogens is 398 g/mol. The van der Waals surface area contributed by atoms with Gasteiger partial charge in [0, 0.05) is 16.4 Å². The van der Waals surface area contributed by atoms with Gasteiger partial charge in [-0.1, -0.05) is 23.7 Å². The Morgan fingerprint density at radius 2 is 2.00 bits per heavy atom. The van der Waals surface area contributed by atoms with Gasteiger partial charge in [0.25, 0.3) is 5.91 Å². The molecule has 2 aliphatic rings. The molecule has 1 aromatic carbocycles. The summed E-state index contributed by atoms with van der Waals surface area (Å²) in [5.74, 6) is 0.531. The van der Waals surface area contributed by atoms with Crippen molar-refractivity contribution >= 4 is 50.9 Å². The summed E-state index contributed by atoms with van der Waals surface area (Å²) >= 11 is 7.61. The number of nitrogens with one attached hydrogen (secondary N) is 2.